The van der Waals surface area contributed by atoms with Gasteiger partial charge < -0.3 is 4.90 Å². The number of benzene rings is 2. The number of para-hydroxylation sites is 1. The van der Waals surface area contributed by atoms with Crippen molar-refractivity contribution in [2.45, 2.75) is 17.0 Å². The van der Waals surface area contributed by atoms with Crippen molar-refractivity contribution >= 4 is 35.1 Å². The van der Waals surface area contributed by atoms with Crippen LogP contribution in [0.5, 0.6) is 0 Å². The Bertz CT molecular complexity index is 943. The standard InChI is InChI=1S/C18H17N5OS2/c1-13-5-4-6-14(11-13)23-18(19-20-21-23)26-12-17(24)22-9-10-25-16-8-3-2-7-15(16)22/h2-8,11H,9-10,12H2,1H3. The zero-order valence-corrected chi connectivity index (χ0v) is 15.8. The maximum atomic E-state index is 12.8. The summed E-state index contributed by atoms with van der Waals surface area (Å²) in [4.78, 5) is 15.8. The van der Waals surface area contributed by atoms with Crippen molar-refractivity contribution in [1.82, 2.24) is 20.2 Å². The molecule has 1 aliphatic heterocycles. The predicted molar refractivity (Wildman–Crippen MR) is 104 cm³/mol. The maximum Gasteiger partial charge on any atom is 0.237 e. The van der Waals surface area contributed by atoms with E-state index in [2.05, 4.69) is 21.6 Å². The van der Waals surface area contributed by atoms with Crippen LogP contribution >= 0.6 is 23.5 Å². The maximum absolute atomic E-state index is 12.8. The molecule has 3 aromatic rings. The summed E-state index contributed by atoms with van der Waals surface area (Å²) >= 11 is 3.15. The Kier molecular flexibility index (Phi) is 4.94. The minimum absolute atomic E-state index is 0.0709. The number of amides is 1. The van der Waals surface area contributed by atoms with E-state index in [4.69, 9.17) is 0 Å². The van der Waals surface area contributed by atoms with Gasteiger partial charge in [0.25, 0.3) is 0 Å². The zero-order chi connectivity index (χ0) is 17.9. The lowest BCUT2D eigenvalue weighted by molar-refractivity contribution is -0.116. The molecule has 0 spiro atoms. The van der Waals surface area contributed by atoms with Gasteiger partial charge in [0, 0.05) is 17.2 Å². The number of carbonyl (C=O) groups is 1. The van der Waals surface area contributed by atoms with Gasteiger partial charge in [0.1, 0.15) is 0 Å². The fourth-order valence-electron chi connectivity index (χ4n) is 2.82. The first-order chi connectivity index (χ1) is 12.7. The number of carbonyl (C=O) groups excluding carboxylic acids is 1. The van der Waals surface area contributed by atoms with Crippen molar-refractivity contribution in [2.24, 2.45) is 0 Å². The average molecular weight is 384 g/mol. The number of fused-ring (bicyclic) bond motifs is 1. The first-order valence-corrected chi connectivity index (χ1v) is 10.2. The van der Waals surface area contributed by atoms with Crippen molar-refractivity contribution in [3.05, 3.63) is 54.1 Å². The number of rotatable bonds is 4. The highest BCUT2D eigenvalue weighted by Gasteiger charge is 2.23. The Morgan fingerprint density at radius 3 is 3.00 bits per heavy atom. The summed E-state index contributed by atoms with van der Waals surface area (Å²) in [5, 5.41) is 12.5. The van der Waals surface area contributed by atoms with E-state index in [9.17, 15) is 4.79 Å². The Hall–Kier alpha value is -2.32. The van der Waals surface area contributed by atoms with Gasteiger partial charge in [-0.15, -0.1) is 16.9 Å². The van der Waals surface area contributed by atoms with Crippen LogP contribution < -0.4 is 4.90 Å². The molecular formula is C18H17N5OS2. The number of hydrogen-bond acceptors (Lipinski definition) is 6. The molecule has 0 radical (unpaired) electrons. The second kappa shape index (κ2) is 7.51. The summed E-state index contributed by atoms with van der Waals surface area (Å²) in [6, 6.07) is 16.0. The van der Waals surface area contributed by atoms with E-state index in [0.29, 0.717) is 10.9 Å². The highest BCUT2D eigenvalue weighted by molar-refractivity contribution is 8.00. The summed E-state index contributed by atoms with van der Waals surface area (Å²) in [6.45, 7) is 2.75. The molecule has 2 aromatic carbocycles. The molecule has 0 bridgehead atoms. The summed E-state index contributed by atoms with van der Waals surface area (Å²) in [7, 11) is 0. The number of thioether (sulfide) groups is 2. The van der Waals surface area contributed by atoms with Gasteiger partial charge >= 0.3 is 0 Å². The number of aryl methyl sites for hydroxylation is 1. The van der Waals surface area contributed by atoms with E-state index in [1.807, 2.05) is 54.3 Å². The normalized spacial score (nSPS) is 13.5. The monoisotopic (exact) mass is 383 g/mol. The molecule has 6 nitrogen and oxygen atoms in total. The van der Waals surface area contributed by atoms with Crippen LogP contribution in [0.15, 0.2) is 58.6 Å². The van der Waals surface area contributed by atoms with Gasteiger partial charge in [-0.3, -0.25) is 4.79 Å². The van der Waals surface area contributed by atoms with Gasteiger partial charge in [0.05, 0.1) is 17.1 Å². The van der Waals surface area contributed by atoms with Crippen molar-refractivity contribution in [2.75, 3.05) is 23.0 Å². The molecule has 0 unspecified atom stereocenters. The van der Waals surface area contributed by atoms with Crippen molar-refractivity contribution in [3.63, 3.8) is 0 Å². The van der Waals surface area contributed by atoms with Crippen molar-refractivity contribution in [1.29, 1.82) is 0 Å². The summed E-state index contributed by atoms with van der Waals surface area (Å²) in [5.74, 6) is 1.28. The minimum atomic E-state index is 0.0709. The van der Waals surface area contributed by atoms with Crippen LogP contribution in [0.1, 0.15) is 5.56 Å². The van der Waals surface area contributed by atoms with E-state index in [1.165, 1.54) is 11.8 Å². The van der Waals surface area contributed by atoms with Gasteiger partial charge in [-0.05, 0) is 47.2 Å². The molecule has 0 atom stereocenters. The van der Waals surface area contributed by atoms with Crippen LogP contribution in [0.3, 0.4) is 0 Å². The fourth-order valence-corrected chi connectivity index (χ4v) is 4.59. The van der Waals surface area contributed by atoms with Gasteiger partial charge in [-0.2, -0.15) is 4.68 Å². The largest absolute Gasteiger partial charge is 0.310 e. The van der Waals surface area contributed by atoms with Crippen molar-refractivity contribution < 1.29 is 4.79 Å². The Morgan fingerprint density at radius 1 is 1.23 bits per heavy atom. The molecule has 1 aliphatic rings. The topological polar surface area (TPSA) is 63.9 Å². The molecule has 0 N–H and O–H groups in total. The van der Waals surface area contributed by atoms with Gasteiger partial charge in [0.15, 0.2) is 0 Å². The van der Waals surface area contributed by atoms with Crippen LogP contribution in [0.25, 0.3) is 5.69 Å². The Morgan fingerprint density at radius 2 is 2.12 bits per heavy atom. The fraction of sp³-hybridized carbons (Fsp3) is 0.222. The third-order valence-corrected chi connectivity index (χ3v) is 5.99. The molecule has 4 rings (SSSR count). The molecule has 26 heavy (non-hydrogen) atoms. The highest BCUT2D eigenvalue weighted by Crippen LogP contribution is 2.34. The molecular weight excluding hydrogens is 366 g/mol. The first kappa shape index (κ1) is 17.1. The lowest BCUT2D eigenvalue weighted by Crippen LogP contribution is -2.36. The lowest BCUT2D eigenvalue weighted by Gasteiger charge is -2.28. The predicted octanol–water partition coefficient (Wildman–Crippen LogP) is 3.20. The average Bonchev–Trinajstić information content (AvgIpc) is 3.14. The van der Waals surface area contributed by atoms with Crippen LogP contribution in [0.4, 0.5) is 5.69 Å². The highest BCUT2D eigenvalue weighted by atomic mass is 32.2. The summed E-state index contributed by atoms with van der Waals surface area (Å²) < 4.78 is 1.67. The summed E-state index contributed by atoms with van der Waals surface area (Å²) in [5.41, 5.74) is 3.02. The molecule has 0 aliphatic carbocycles. The molecule has 1 aromatic heterocycles. The Labute approximate surface area is 160 Å². The number of hydrogen-bond donors (Lipinski definition) is 0. The number of nitrogens with zero attached hydrogens (tertiary/aromatic N) is 5. The van der Waals surface area contributed by atoms with E-state index < -0.39 is 0 Å². The SMILES string of the molecule is Cc1cccc(-n2nnnc2SCC(=O)N2CCSc3ccccc32)c1. The molecule has 0 saturated heterocycles. The third kappa shape index (κ3) is 3.47. The van der Waals surface area contributed by atoms with Gasteiger partial charge in [-0.1, -0.05) is 36.0 Å². The van der Waals surface area contributed by atoms with Gasteiger partial charge in [0.2, 0.25) is 11.1 Å². The van der Waals surface area contributed by atoms with Crippen molar-refractivity contribution in [3.8, 4) is 5.69 Å². The molecule has 8 heteroatoms. The quantitative estimate of drug-likeness (QED) is 0.645. The molecule has 1 amide bonds. The first-order valence-electron chi connectivity index (χ1n) is 8.23. The van der Waals surface area contributed by atoms with Crippen LogP contribution in [0, 0.1) is 6.92 Å². The number of aromatic nitrogens is 4. The zero-order valence-electron chi connectivity index (χ0n) is 14.2. The van der Waals surface area contributed by atoms with E-state index in [1.54, 1.807) is 16.4 Å². The summed E-state index contributed by atoms with van der Waals surface area (Å²) in [6.07, 6.45) is 0. The van der Waals surface area contributed by atoms with Crippen LogP contribution in [-0.2, 0) is 4.79 Å². The third-order valence-electron chi connectivity index (χ3n) is 4.04. The number of anilines is 1. The molecule has 132 valence electrons. The van der Waals surface area contributed by atoms with E-state index in [0.717, 1.165) is 34.1 Å². The number of tetrazole rings is 1. The Balaban J connectivity index is 1.49. The molecule has 0 saturated carbocycles. The second-order valence-electron chi connectivity index (χ2n) is 5.86. The molecule has 2 heterocycles. The lowest BCUT2D eigenvalue weighted by atomic mass is 10.2. The smallest absolute Gasteiger partial charge is 0.237 e. The van der Waals surface area contributed by atoms with E-state index in [-0.39, 0.29) is 5.91 Å². The van der Waals surface area contributed by atoms with Crippen LogP contribution in [-0.4, -0.2) is 44.2 Å². The second-order valence-corrected chi connectivity index (χ2v) is 7.94. The van der Waals surface area contributed by atoms with E-state index >= 15 is 0 Å². The van der Waals surface area contributed by atoms with Crippen LogP contribution in [0.2, 0.25) is 0 Å². The molecule has 0 fully saturated rings. The van der Waals surface area contributed by atoms with Gasteiger partial charge in [-0.25, -0.2) is 0 Å². The minimum Gasteiger partial charge on any atom is -0.310 e.